The van der Waals surface area contributed by atoms with Crippen LogP contribution in [0.3, 0.4) is 0 Å². The number of carboxylic acids is 1. The monoisotopic (exact) mass is 315 g/mol. The average Bonchev–Trinajstić information content (AvgIpc) is 2.77. The van der Waals surface area contributed by atoms with Crippen LogP contribution in [0.25, 0.3) is 6.08 Å². The quantitative estimate of drug-likeness (QED) is 0.759. The van der Waals surface area contributed by atoms with E-state index >= 15 is 0 Å². The number of carbonyl (C=O) groups excluding carboxylic acids is 1. The Morgan fingerprint density at radius 3 is 2.65 bits per heavy atom. The summed E-state index contributed by atoms with van der Waals surface area (Å²) in [6.07, 6.45) is 3.58. The Labute approximate surface area is 127 Å². The lowest BCUT2D eigenvalue weighted by atomic mass is 9.97. The third-order valence-corrected chi connectivity index (χ3v) is 3.82. The summed E-state index contributed by atoms with van der Waals surface area (Å²) in [5, 5.41) is 11.7. The Kier molecular flexibility index (Phi) is 6.75. The van der Waals surface area contributed by atoms with Crippen LogP contribution in [0.2, 0.25) is 4.34 Å². The Hall–Kier alpha value is -1.33. The molecule has 1 aromatic heterocycles. The van der Waals surface area contributed by atoms with Gasteiger partial charge in [-0.2, -0.15) is 0 Å². The fourth-order valence-electron chi connectivity index (χ4n) is 1.70. The van der Waals surface area contributed by atoms with Crippen LogP contribution in [-0.2, 0) is 9.59 Å². The molecule has 20 heavy (non-hydrogen) atoms. The van der Waals surface area contributed by atoms with Crippen molar-refractivity contribution in [1.82, 2.24) is 5.32 Å². The lowest BCUT2D eigenvalue weighted by Crippen LogP contribution is -2.32. The highest BCUT2D eigenvalue weighted by Crippen LogP contribution is 2.22. The largest absolute Gasteiger partial charge is 0.481 e. The first-order valence-electron chi connectivity index (χ1n) is 6.32. The molecule has 0 saturated heterocycles. The fraction of sp³-hybridized carbons (Fsp3) is 0.429. The zero-order valence-electron chi connectivity index (χ0n) is 11.4. The molecule has 6 heteroatoms. The molecule has 0 saturated carbocycles. The molecule has 0 spiro atoms. The minimum atomic E-state index is -0.881. The van der Waals surface area contributed by atoms with Crippen LogP contribution in [0.15, 0.2) is 18.2 Å². The first kappa shape index (κ1) is 16.7. The molecule has 1 atom stereocenters. The average molecular weight is 316 g/mol. The van der Waals surface area contributed by atoms with Gasteiger partial charge in [0, 0.05) is 17.5 Å². The molecule has 1 unspecified atom stereocenters. The van der Waals surface area contributed by atoms with Gasteiger partial charge < -0.3 is 10.4 Å². The van der Waals surface area contributed by atoms with Gasteiger partial charge in [0.25, 0.3) is 0 Å². The number of amides is 1. The summed E-state index contributed by atoms with van der Waals surface area (Å²) in [7, 11) is 0. The Morgan fingerprint density at radius 1 is 1.45 bits per heavy atom. The molecule has 0 aliphatic carbocycles. The topological polar surface area (TPSA) is 66.4 Å². The third-order valence-electron chi connectivity index (χ3n) is 2.62. The first-order chi connectivity index (χ1) is 9.38. The zero-order chi connectivity index (χ0) is 15.1. The smallest absolute Gasteiger partial charge is 0.308 e. The van der Waals surface area contributed by atoms with Gasteiger partial charge in [-0.3, -0.25) is 9.59 Å². The van der Waals surface area contributed by atoms with E-state index in [0.717, 1.165) is 4.88 Å². The zero-order valence-corrected chi connectivity index (χ0v) is 13.0. The van der Waals surface area contributed by atoms with E-state index in [9.17, 15) is 9.59 Å². The van der Waals surface area contributed by atoms with E-state index in [0.29, 0.717) is 10.8 Å². The molecule has 4 nitrogen and oxygen atoms in total. The lowest BCUT2D eigenvalue weighted by molar-refractivity contribution is -0.142. The predicted molar refractivity (Wildman–Crippen MR) is 82.0 cm³/mol. The van der Waals surface area contributed by atoms with Gasteiger partial charge in [0.05, 0.1) is 10.3 Å². The van der Waals surface area contributed by atoms with Gasteiger partial charge >= 0.3 is 5.97 Å². The summed E-state index contributed by atoms with van der Waals surface area (Å²) in [5.74, 6) is -1.46. The van der Waals surface area contributed by atoms with Gasteiger partial charge in [-0.05, 0) is 30.5 Å². The minimum Gasteiger partial charge on any atom is -0.481 e. The van der Waals surface area contributed by atoms with Crippen molar-refractivity contribution < 1.29 is 14.7 Å². The molecule has 0 fully saturated rings. The van der Waals surface area contributed by atoms with Gasteiger partial charge in [-0.25, -0.2) is 0 Å². The highest BCUT2D eigenvalue weighted by molar-refractivity contribution is 7.17. The number of halogens is 1. The number of carboxylic acid groups (broad SMARTS) is 1. The SMILES string of the molecule is CC(C)CC(CNC(=O)/C=C/c1ccc(Cl)s1)C(=O)O. The number of carbonyl (C=O) groups is 2. The summed E-state index contributed by atoms with van der Waals surface area (Å²) in [6, 6.07) is 3.57. The lowest BCUT2D eigenvalue weighted by Gasteiger charge is -2.14. The van der Waals surface area contributed by atoms with Crippen LogP contribution in [0, 0.1) is 11.8 Å². The van der Waals surface area contributed by atoms with Crippen molar-refractivity contribution in [2.75, 3.05) is 6.54 Å². The highest BCUT2D eigenvalue weighted by atomic mass is 35.5. The van der Waals surface area contributed by atoms with E-state index in [1.54, 1.807) is 12.1 Å². The molecule has 1 aromatic rings. The normalized spacial score (nSPS) is 12.8. The maximum atomic E-state index is 11.6. The van der Waals surface area contributed by atoms with Gasteiger partial charge in [0.2, 0.25) is 5.91 Å². The Balaban J connectivity index is 2.45. The molecule has 0 aromatic carbocycles. The summed E-state index contributed by atoms with van der Waals surface area (Å²) in [6.45, 7) is 4.05. The number of rotatable bonds is 7. The van der Waals surface area contributed by atoms with Crippen LogP contribution in [-0.4, -0.2) is 23.5 Å². The molecular weight excluding hydrogens is 298 g/mol. The molecule has 0 aliphatic heterocycles. The van der Waals surface area contributed by atoms with Crippen molar-refractivity contribution >= 4 is 40.9 Å². The van der Waals surface area contributed by atoms with Gasteiger partial charge in [-0.15, -0.1) is 11.3 Å². The van der Waals surface area contributed by atoms with E-state index < -0.39 is 11.9 Å². The molecular formula is C14H18ClNO3S. The van der Waals surface area contributed by atoms with Crippen molar-refractivity contribution in [1.29, 1.82) is 0 Å². The molecule has 0 aliphatic rings. The standard InChI is InChI=1S/C14H18ClNO3S/c1-9(2)7-10(14(18)19)8-16-13(17)6-4-11-3-5-12(15)20-11/h3-6,9-10H,7-8H2,1-2H3,(H,16,17)(H,18,19)/b6-4+. The molecule has 0 bridgehead atoms. The third kappa shape index (κ3) is 6.21. The maximum absolute atomic E-state index is 11.6. The van der Waals surface area contributed by atoms with Gasteiger partial charge in [0.15, 0.2) is 0 Å². The van der Waals surface area contributed by atoms with Crippen LogP contribution >= 0.6 is 22.9 Å². The summed E-state index contributed by atoms with van der Waals surface area (Å²) in [5.41, 5.74) is 0. The van der Waals surface area contributed by atoms with Crippen molar-refractivity contribution in [3.05, 3.63) is 27.4 Å². The summed E-state index contributed by atoms with van der Waals surface area (Å²) in [4.78, 5) is 23.5. The van der Waals surface area contributed by atoms with Gasteiger partial charge in [-0.1, -0.05) is 25.4 Å². The number of aliphatic carboxylic acids is 1. The number of nitrogens with one attached hydrogen (secondary N) is 1. The predicted octanol–water partition coefficient (Wildman–Crippen LogP) is 3.28. The molecule has 2 N–H and O–H groups in total. The number of thiophene rings is 1. The van der Waals surface area contributed by atoms with E-state index in [4.69, 9.17) is 16.7 Å². The second-order valence-corrected chi connectivity index (χ2v) is 6.63. The van der Waals surface area contributed by atoms with Crippen molar-refractivity contribution in [3.8, 4) is 0 Å². The maximum Gasteiger partial charge on any atom is 0.308 e. The van der Waals surface area contributed by atoms with E-state index in [1.807, 2.05) is 19.9 Å². The van der Waals surface area contributed by atoms with Crippen LogP contribution in [0.4, 0.5) is 0 Å². The molecule has 0 radical (unpaired) electrons. The fourth-order valence-corrected chi connectivity index (χ4v) is 2.66. The van der Waals surface area contributed by atoms with E-state index in [2.05, 4.69) is 5.32 Å². The minimum absolute atomic E-state index is 0.141. The van der Waals surface area contributed by atoms with Crippen molar-refractivity contribution in [2.45, 2.75) is 20.3 Å². The summed E-state index contributed by atoms with van der Waals surface area (Å²) >= 11 is 7.15. The number of hydrogen-bond acceptors (Lipinski definition) is 3. The van der Waals surface area contributed by atoms with Gasteiger partial charge in [0.1, 0.15) is 0 Å². The Bertz CT molecular complexity index is 496. The second-order valence-electron chi connectivity index (χ2n) is 4.89. The molecule has 1 amide bonds. The second kappa shape index (κ2) is 8.07. The first-order valence-corrected chi connectivity index (χ1v) is 7.52. The van der Waals surface area contributed by atoms with Crippen LogP contribution in [0.5, 0.6) is 0 Å². The van der Waals surface area contributed by atoms with E-state index in [1.165, 1.54) is 17.4 Å². The summed E-state index contributed by atoms with van der Waals surface area (Å²) < 4.78 is 0.660. The molecule has 110 valence electrons. The van der Waals surface area contributed by atoms with Crippen molar-refractivity contribution in [2.24, 2.45) is 11.8 Å². The van der Waals surface area contributed by atoms with E-state index in [-0.39, 0.29) is 18.4 Å². The Morgan fingerprint density at radius 2 is 2.15 bits per heavy atom. The van der Waals surface area contributed by atoms with Crippen LogP contribution in [0.1, 0.15) is 25.1 Å². The number of hydrogen-bond donors (Lipinski definition) is 2. The van der Waals surface area contributed by atoms with Crippen LogP contribution < -0.4 is 5.32 Å². The highest BCUT2D eigenvalue weighted by Gasteiger charge is 2.19. The molecule has 1 rings (SSSR count). The molecule has 1 heterocycles. The van der Waals surface area contributed by atoms with Crippen molar-refractivity contribution in [3.63, 3.8) is 0 Å².